The minimum atomic E-state index is -0.430. The molecule has 0 unspecified atom stereocenters. The van der Waals surface area contributed by atoms with Crippen LogP contribution < -0.4 is 10.3 Å². The molecule has 0 aliphatic carbocycles. The van der Waals surface area contributed by atoms with Gasteiger partial charge in [-0.05, 0) is 57.9 Å². The molecule has 35 heavy (non-hydrogen) atoms. The Kier molecular flexibility index (Phi) is 7.45. The molecule has 1 aromatic heterocycles. The van der Waals surface area contributed by atoms with Crippen LogP contribution in [-0.4, -0.2) is 15.9 Å². The number of rotatable bonds is 5. The van der Waals surface area contributed by atoms with Crippen molar-refractivity contribution >= 4 is 60.6 Å². The van der Waals surface area contributed by atoms with Crippen LogP contribution in [0.2, 0.25) is 5.02 Å². The number of aromatic nitrogens is 2. The molecule has 0 saturated carbocycles. The van der Waals surface area contributed by atoms with Crippen molar-refractivity contribution in [3.05, 3.63) is 102 Å². The lowest BCUT2D eigenvalue weighted by Crippen LogP contribution is -2.29. The summed E-state index contributed by atoms with van der Waals surface area (Å²) in [5.41, 5.74) is 0.969. The summed E-state index contributed by atoms with van der Waals surface area (Å²) >= 11 is 13.3. The number of ether oxygens (including phenoxy) is 1. The first-order valence-electron chi connectivity index (χ1n) is 10.7. The minimum absolute atomic E-state index is 0.0289. The van der Waals surface area contributed by atoms with Crippen molar-refractivity contribution in [1.82, 2.24) is 9.66 Å². The van der Waals surface area contributed by atoms with Gasteiger partial charge in [-0.3, -0.25) is 4.79 Å². The Labute approximate surface area is 223 Å². The van der Waals surface area contributed by atoms with Gasteiger partial charge in [0.05, 0.1) is 26.6 Å². The van der Waals surface area contributed by atoms with Gasteiger partial charge in [-0.15, -0.1) is 0 Å². The zero-order valence-corrected chi connectivity index (χ0v) is 23.1. The standard InChI is InChI=1S/C26H21Br2ClFN3O2/c1-26(2,3)25-32-22-9-8-17(27)12-18(22)24(34)33(25)31-13-15-10-19(28)23(20(29)11-15)35-14-16-6-4-5-7-21(16)30/h4-13H,14H2,1-3H3. The molecule has 0 bridgehead atoms. The van der Waals surface area contributed by atoms with Gasteiger partial charge in [0.2, 0.25) is 0 Å². The second-order valence-electron chi connectivity index (χ2n) is 8.90. The summed E-state index contributed by atoms with van der Waals surface area (Å²) in [6.07, 6.45) is 1.54. The molecule has 1 heterocycles. The molecule has 3 aromatic carbocycles. The van der Waals surface area contributed by atoms with E-state index in [1.54, 1.807) is 48.7 Å². The Morgan fingerprint density at radius 2 is 1.89 bits per heavy atom. The molecule has 0 radical (unpaired) electrons. The summed E-state index contributed by atoms with van der Waals surface area (Å²) < 4.78 is 22.3. The van der Waals surface area contributed by atoms with Gasteiger partial charge in [0.15, 0.2) is 5.75 Å². The number of halogens is 4. The molecule has 0 saturated heterocycles. The van der Waals surface area contributed by atoms with Crippen molar-refractivity contribution in [2.45, 2.75) is 32.8 Å². The Bertz CT molecular complexity index is 1490. The number of hydrogen-bond acceptors (Lipinski definition) is 4. The first-order chi connectivity index (χ1) is 16.5. The van der Waals surface area contributed by atoms with Crippen molar-refractivity contribution in [2.75, 3.05) is 0 Å². The lowest BCUT2D eigenvalue weighted by molar-refractivity contribution is 0.298. The number of nitrogens with zero attached hydrogens (tertiary/aromatic N) is 3. The van der Waals surface area contributed by atoms with Crippen molar-refractivity contribution in [3.8, 4) is 5.75 Å². The second kappa shape index (κ2) is 10.2. The van der Waals surface area contributed by atoms with Gasteiger partial charge in [0.25, 0.3) is 5.56 Å². The SMILES string of the molecule is CC(C)(C)c1nc2ccc(Br)cc2c(=O)n1N=Cc1cc(Cl)c(OCc2ccccc2F)c(Br)c1. The van der Waals surface area contributed by atoms with Gasteiger partial charge < -0.3 is 4.74 Å². The predicted octanol–water partition coefficient (Wildman–Crippen LogP) is 7.47. The van der Waals surface area contributed by atoms with E-state index < -0.39 is 5.41 Å². The molecule has 0 aliphatic heterocycles. The lowest BCUT2D eigenvalue weighted by Gasteiger charge is -2.21. The van der Waals surface area contributed by atoms with E-state index in [-0.39, 0.29) is 18.0 Å². The van der Waals surface area contributed by atoms with E-state index >= 15 is 0 Å². The van der Waals surface area contributed by atoms with Crippen LogP contribution in [0.3, 0.4) is 0 Å². The van der Waals surface area contributed by atoms with Crippen molar-refractivity contribution in [3.63, 3.8) is 0 Å². The Balaban J connectivity index is 1.69. The smallest absolute Gasteiger partial charge is 0.282 e. The van der Waals surface area contributed by atoms with E-state index in [0.29, 0.717) is 43.1 Å². The number of benzene rings is 3. The highest BCUT2D eigenvalue weighted by Crippen LogP contribution is 2.35. The van der Waals surface area contributed by atoms with Gasteiger partial charge in [0.1, 0.15) is 18.2 Å². The van der Waals surface area contributed by atoms with Crippen molar-refractivity contribution < 1.29 is 9.13 Å². The fraction of sp³-hybridized carbons (Fsp3) is 0.192. The highest BCUT2D eigenvalue weighted by molar-refractivity contribution is 9.10. The highest BCUT2D eigenvalue weighted by Gasteiger charge is 2.23. The summed E-state index contributed by atoms with van der Waals surface area (Å²) in [6.45, 7) is 5.95. The fourth-order valence-corrected chi connectivity index (χ4v) is 4.77. The molecule has 0 fully saturated rings. The van der Waals surface area contributed by atoms with Gasteiger partial charge in [-0.2, -0.15) is 9.78 Å². The maximum Gasteiger partial charge on any atom is 0.282 e. The predicted molar refractivity (Wildman–Crippen MR) is 145 cm³/mol. The monoisotopic (exact) mass is 619 g/mol. The molecule has 0 atom stereocenters. The molecule has 4 aromatic rings. The van der Waals surface area contributed by atoms with Crippen LogP contribution in [0.5, 0.6) is 5.75 Å². The van der Waals surface area contributed by atoms with Crippen LogP contribution >= 0.6 is 43.5 Å². The summed E-state index contributed by atoms with van der Waals surface area (Å²) in [6, 6.07) is 15.2. The summed E-state index contributed by atoms with van der Waals surface area (Å²) in [4.78, 5) is 18.0. The zero-order chi connectivity index (χ0) is 25.3. The van der Waals surface area contributed by atoms with Gasteiger partial charge in [-0.1, -0.05) is 66.5 Å². The molecule has 5 nitrogen and oxygen atoms in total. The third kappa shape index (κ3) is 5.66. The summed E-state index contributed by atoms with van der Waals surface area (Å²) in [5.74, 6) is 0.569. The van der Waals surface area contributed by atoms with Gasteiger partial charge >= 0.3 is 0 Å². The van der Waals surface area contributed by atoms with E-state index in [1.165, 1.54) is 10.7 Å². The normalized spacial score (nSPS) is 12.0. The molecular weight excluding hydrogens is 601 g/mol. The number of hydrogen-bond donors (Lipinski definition) is 0. The highest BCUT2D eigenvalue weighted by atomic mass is 79.9. The Morgan fingerprint density at radius 3 is 2.57 bits per heavy atom. The molecule has 0 amide bonds. The van der Waals surface area contributed by atoms with Crippen LogP contribution in [0.1, 0.15) is 37.7 Å². The fourth-order valence-electron chi connectivity index (χ4n) is 3.42. The molecule has 0 spiro atoms. The maximum atomic E-state index is 13.9. The number of fused-ring (bicyclic) bond motifs is 1. The van der Waals surface area contributed by atoms with E-state index in [9.17, 15) is 9.18 Å². The lowest BCUT2D eigenvalue weighted by atomic mass is 9.95. The molecule has 0 aliphatic rings. The van der Waals surface area contributed by atoms with Crippen molar-refractivity contribution in [2.24, 2.45) is 5.10 Å². The van der Waals surface area contributed by atoms with Gasteiger partial charge in [-0.25, -0.2) is 9.37 Å². The molecule has 0 N–H and O–H groups in total. The van der Waals surface area contributed by atoms with E-state index in [0.717, 1.165) is 4.47 Å². The maximum absolute atomic E-state index is 13.9. The molecule has 9 heteroatoms. The van der Waals surface area contributed by atoms with Crippen LogP contribution in [0.25, 0.3) is 10.9 Å². The third-order valence-electron chi connectivity index (χ3n) is 5.15. The van der Waals surface area contributed by atoms with Crippen LogP contribution in [0.15, 0.2) is 73.4 Å². The molecule has 4 rings (SSSR count). The first-order valence-corrected chi connectivity index (χ1v) is 12.6. The average Bonchev–Trinajstić information content (AvgIpc) is 2.78. The summed E-state index contributed by atoms with van der Waals surface area (Å²) in [5, 5.41) is 5.25. The van der Waals surface area contributed by atoms with Crippen LogP contribution in [0, 0.1) is 5.82 Å². The Hall–Kier alpha value is -2.55. The average molecular weight is 622 g/mol. The molecular formula is C26H21Br2ClFN3O2. The zero-order valence-electron chi connectivity index (χ0n) is 19.2. The molecule has 180 valence electrons. The minimum Gasteiger partial charge on any atom is -0.486 e. The van der Waals surface area contributed by atoms with Crippen molar-refractivity contribution in [1.29, 1.82) is 0 Å². The summed E-state index contributed by atoms with van der Waals surface area (Å²) in [7, 11) is 0. The topological polar surface area (TPSA) is 56.5 Å². The second-order valence-corrected chi connectivity index (χ2v) is 11.1. The first kappa shape index (κ1) is 25.5. The van der Waals surface area contributed by atoms with Crippen LogP contribution in [-0.2, 0) is 12.0 Å². The van der Waals surface area contributed by atoms with Crippen LogP contribution in [0.4, 0.5) is 4.39 Å². The van der Waals surface area contributed by atoms with E-state index in [1.807, 2.05) is 26.8 Å². The van der Waals surface area contributed by atoms with Gasteiger partial charge in [0, 0.05) is 15.5 Å². The third-order valence-corrected chi connectivity index (χ3v) is 6.51. The Morgan fingerprint density at radius 1 is 1.14 bits per heavy atom. The van der Waals surface area contributed by atoms with E-state index in [2.05, 4.69) is 37.0 Å². The quantitative estimate of drug-likeness (QED) is 0.217. The largest absolute Gasteiger partial charge is 0.486 e. The van der Waals surface area contributed by atoms with E-state index in [4.69, 9.17) is 21.3 Å².